The average Bonchev–Trinajstić information content (AvgIpc) is 2.62. The molecule has 0 spiro atoms. The van der Waals surface area contributed by atoms with Crippen LogP contribution in [-0.2, 0) is 6.42 Å². The molecule has 0 aliphatic carbocycles. The first kappa shape index (κ1) is 14.8. The second-order valence-corrected chi connectivity index (χ2v) is 5.34. The van der Waals surface area contributed by atoms with E-state index in [0.717, 1.165) is 28.8 Å². The van der Waals surface area contributed by atoms with Crippen LogP contribution in [0.2, 0.25) is 0 Å². The maximum atomic E-state index is 9.45. The van der Waals surface area contributed by atoms with Crippen LogP contribution in [0.4, 0.5) is 5.82 Å². The molecule has 0 aliphatic rings. The number of hydrogen-bond donors (Lipinski definition) is 1. The SMILES string of the molecule is CCc1ccc(-c2cc(-c3ccccc3)nc(N)c2C#N)cc1. The van der Waals surface area contributed by atoms with Crippen LogP contribution >= 0.6 is 0 Å². The minimum absolute atomic E-state index is 0.267. The number of hydrogen-bond acceptors (Lipinski definition) is 3. The maximum Gasteiger partial charge on any atom is 0.142 e. The van der Waals surface area contributed by atoms with Crippen molar-refractivity contribution in [3.8, 4) is 28.5 Å². The number of pyridine rings is 1. The third-order valence-electron chi connectivity index (χ3n) is 3.90. The van der Waals surface area contributed by atoms with E-state index in [9.17, 15) is 5.26 Å². The number of nitriles is 1. The number of anilines is 1. The average molecular weight is 299 g/mol. The van der Waals surface area contributed by atoms with Gasteiger partial charge in [0.05, 0.1) is 5.69 Å². The van der Waals surface area contributed by atoms with Gasteiger partial charge in [-0.3, -0.25) is 0 Å². The number of nitrogen functional groups attached to an aromatic ring is 1. The van der Waals surface area contributed by atoms with Gasteiger partial charge in [-0.25, -0.2) is 4.98 Å². The monoisotopic (exact) mass is 299 g/mol. The van der Waals surface area contributed by atoms with Crippen LogP contribution < -0.4 is 5.73 Å². The zero-order valence-electron chi connectivity index (χ0n) is 13.0. The first-order valence-electron chi connectivity index (χ1n) is 7.58. The molecule has 0 aliphatic heterocycles. The highest BCUT2D eigenvalue weighted by atomic mass is 14.8. The molecular weight excluding hydrogens is 282 g/mol. The van der Waals surface area contributed by atoms with Gasteiger partial charge in [-0.05, 0) is 23.6 Å². The first-order chi connectivity index (χ1) is 11.2. The Labute approximate surface area is 136 Å². The highest BCUT2D eigenvalue weighted by molar-refractivity contribution is 5.80. The van der Waals surface area contributed by atoms with E-state index in [-0.39, 0.29) is 5.82 Å². The summed E-state index contributed by atoms with van der Waals surface area (Å²) in [5, 5.41) is 9.45. The van der Waals surface area contributed by atoms with E-state index in [2.05, 4.69) is 30.1 Å². The number of rotatable bonds is 3. The Morgan fingerprint density at radius 1 is 1.00 bits per heavy atom. The molecule has 23 heavy (non-hydrogen) atoms. The predicted octanol–water partition coefficient (Wildman–Crippen LogP) is 4.43. The van der Waals surface area contributed by atoms with Crippen molar-refractivity contribution < 1.29 is 0 Å². The van der Waals surface area contributed by atoms with Gasteiger partial charge in [-0.1, -0.05) is 61.5 Å². The summed E-state index contributed by atoms with van der Waals surface area (Å²) in [4.78, 5) is 4.39. The lowest BCUT2D eigenvalue weighted by Gasteiger charge is -2.10. The van der Waals surface area contributed by atoms with Crippen LogP contribution in [0.15, 0.2) is 60.7 Å². The van der Waals surface area contributed by atoms with E-state index >= 15 is 0 Å². The fourth-order valence-corrected chi connectivity index (χ4v) is 2.59. The van der Waals surface area contributed by atoms with Gasteiger partial charge in [0.25, 0.3) is 0 Å². The highest BCUT2D eigenvalue weighted by Crippen LogP contribution is 2.31. The van der Waals surface area contributed by atoms with Crippen molar-refractivity contribution in [1.82, 2.24) is 4.98 Å². The Hall–Kier alpha value is -3.12. The molecule has 3 rings (SSSR count). The van der Waals surface area contributed by atoms with E-state index in [1.165, 1.54) is 5.56 Å². The lowest BCUT2D eigenvalue weighted by molar-refractivity contribution is 1.14. The number of nitrogens with two attached hydrogens (primary N) is 1. The third kappa shape index (κ3) is 2.93. The molecule has 1 heterocycles. The number of aromatic nitrogens is 1. The van der Waals surface area contributed by atoms with E-state index in [0.29, 0.717) is 5.56 Å². The summed E-state index contributed by atoms with van der Waals surface area (Å²) in [6.45, 7) is 2.12. The Morgan fingerprint density at radius 3 is 2.30 bits per heavy atom. The topological polar surface area (TPSA) is 62.7 Å². The zero-order chi connectivity index (χ0) is 16.2. The van der Waals surface area contributed by atoms with Gasteiger partial charge in [0.15, 0.2) is 0 Å². The lowest BCUT2D eigenvalue weighted by atomic mass is 9.97. The molecule has 1 aromatic heterocycles. The quantitative estimate of drug-likeness (QED) is 0.778. The molecule has 112 valence electrons. The normalized spacial score (nSPS) is 10.3. The zero-order valence-corrected chi connectivity index (χ0v) is 13.0. The second-order valence-electron chi connectivity index (χ2n) is 5.34. The molecule has 0 unspecified atom stereocenters. The molecule has 0 radical (unpaired) electrons. The van der Waals surface area contributed by atoms with Crippen LogP contribution in [0.25, 0.3) is 22.4 Å². The van der Waals surface area contributed by atoms with Crippen molar-refractivity contribution in [2.75, 3.05) is 5.73 Å². The van der Waals surface area contributed by atoms with Gasteiger partial charge in [0.1, 0.15) is 17.5 Å². The van der Waals surface area contributed by atoms with Crippen LogP contribution in [0.1, 0.15) is 18.1 Å². The van der Waals surface area contributed by atoms with Crippen molar-refractivity contribution in [2.45, 2.75) is 13.3 Å². The lowest BCUT2D eigenvalue weighted by Crippen LogP contribution is -1.99. The molecule has 2 aromatic carbocycles. The Balaban J connectivity index is 2.18. The fourth-order valence-electron chi connectivity index (χ4n) is 2.59. The minimum Gasteiger partial charge on any atom is -0.383 e. The number of aryl methyl sites for hydroxylation is 1. The van der Waals surface area contributed by atoms with Crippen LogP contribution in [-0.4, -0.2) is 4.98 Å². The molecular formula is C20H17N3. The number of benzene rings is 2. The summed E-state index contributed by atoms with van der Waals surface area (Å²) in [5.41, 5.74) is 11.3. The maximum absolute atomic E-state index is 9.45. The van der Waals surface area contributed by atoms with Crippen molar-refractivity contribution >= 4 is 5.82 Å². The fraction of sp³-hybridized carbons (Fsp3) is 0.100. The second kappa shape index (κ2) is 6.33. The number of nitrogens with zero attached hydrogens (tertiary/aromatic N) is 2. The largest absolute Gasteiger partial charge is 0.383 e. The standard InChI is InChI=1S/C20H17N3/c1-2-14-8-10-15(11-9-14)17-12-19(16-6-4-3-5-7-16)23-20(22)18(17)13-21/h3-12H,2H2,1H3,(H2,22,23). The van der Waals surface area contributed by atoms with Gasteiger partial charge >= 0.3 is 0 Å². The third-order valence-corrected chi connectivity index (χ3v) is 3.90. The molecule has 0 atom stereocenters. The summed E-state index contributed by atoms with van der Waals surface area (Å²) < 4.78 is 0. The van der Waals surface area contributed by atoms with Crippen molar-refractivity contribution in [2.24, 2.45) is 0 Å². The van der Waals surface area contributed by atoms with Crippen molar-refractivity contribution in [3.05, 3.63) is 71.8 Å². The first-order valence-corrected chi connectivity index (χ1v) is 7.58. The van der Waals surface area contributed by atoms with E-state index in [4.69, 9.17) is 5.73 Å². The molecule has 3 nitrogen and oxygen atoms in total. The van der Waals surface area contributed by atoms with Crippen LogP contribution in [0, 0.1) is 11.3 Å². The summed E-state index contributed by atoms with van der Waals surface area (Å²) in [6, 6.07) is 22.2. The van der Waals surface area contributed by atoms with Gasteiger partial charge in [0.2, 0.25) is 0 Å². The Morgan fingerprint density at radius 2 is 1.70 bits per heavy atom. The molecule has 0 amide bonds. The van der Waals surface area contributed by atoms with Crippen molar-refractivity contribution in [1.29, 1.82) is 5.26 Å². The molecule has 3 heteroatoms. The van der Waals surface area contributed by atoms with Crippen molar-refractivity contribution in [3.63, 3.8) is 0 Å². The molecule has 0 saturated carbocycles. The summed E-state index contributed by atoms with van der Waals surface area (Å²) >= 11 is 0. The molecule has 2 N–H and O–H groups in total. The smallest absolute Gasteiger partial charge is 0.142 e. The summed E-state index contributed by atoms with van der Waals surface area (Å²) in [5.74, 6) is 0.267. The Kier molecular flexibility index (Phi) is 4.07. The van der Waals surface area contributed by atoms with Crippen LogP contribution in [0.3, 0.4) is 0 Å². The molecule has 0 saturated heterocycles. The van der Waals surface area contributed by atoms with Gasteiger partial charge in [-0.15, -0.1) is 0 Å². The summed E-state index contributed by atoms with van der Waals surface area (Å²) in [7, 11) is 0. The minimum atomic E-state index is 0.267. The van der Waals surface area contributed by atoms with Gasteiger partial charge < -0.3 is 5.73 Å². The molecule has 0 fully saturated rings. The van der Waals surface area contributed by atoms with E-state index in [1.54, 1.807) is 0 Å². The molecule has 3 aromatic rings. The molecule has 0 bridgehead atoms. The van der Waals surface area contributed by atoms with E-state index < -0.39 is 0 Å². The predicted molar refractivity (Wildman–Crippen MR) is 93.6 cm³/mol. The highest BCUT2D eigenvalue weighted by Gasteiger charge is 2.13. The summed E-state index contributed by atoms with van der Waals surface area (Å²) in [6.07, 6.45) is 0.985. The van der Waals surface area contributed by atoms with Gasteiger partial charge in [0, 0.05) is 11.1 Å². The van der Waals surface area contributed by atoms with Gasteiger partial charge in [-0.2, -0.15) is 5.26 Å². The van der Waals surface area contributed by atoms with Crippen LogP contribution in [0.5, 0.6) is 0 Å². The Bertz CT molecular complexity index is 860. The van der Waals surface area contributed by atoms with E-state index in [1.807, 2.05) is 48.5 Å².